The van der Waals surface area contributed by atoms with Crippen LogP contribution in [0.4, 0.5) is 0 Å². The number of guanidine groups is 1. The van der Waals surface area contributed by atoms with Gasteiger partial charge in [0.1, 0.15) is 5.54 Å². The van der Waals surface area contributed by atoms with E-state index in [1.807, 2.05) is 6.92 Å². The molecule has 2 heterocycles. The van der Waals surface area contributed by atoms with E-state index in [1.165, 1.54) is 64.6 Å². The number of likely N-dealkylation sites (tertiary alicyclic amines) is 1. The van der Waals surface area contributed by atoms with Gasteiger partial charge in [-0.25, -0.2) is 4.99 Å². The number of nitrogens with two attached hydrogens (primary N) is 1. The number of hydrogen-bond acceptors (Lipinski definition) is 4. The van der Waals surface area contributed by atoms with Gasteiger partial charge in [0.05, 0.1) is 0 Å². The number of rotatable bonds is 6. The van der Waals surface area contributed by atoms with Gasteiger partial charge in [-0.15, -0.1) is 0 Å². The standard InChI is InChI=1S/C21H38N4O/c1-16(2)13-21(3)19(26)25(20(22)23-21)15-18-9-11-24(12-10-18)14-17-7-5-4-6-8-17/h16-18H,4-15H2,1-3H3,(H2,22,23). The van der Waals surface area contributed by atoms with E-state index in [9.17, 15) is 4.79 Å². The van der Waals surface area contributed by atoms with E-state index in [-0.39, 0.29) is 5.91 Å². The van der Waals surface area contributed by atoms with Crippen molar-refractivity contribution in [2.24, 2.45) is 28.5 Å². The molecule has 0 spiro atoms. The van der Waals surface area contributed by atoms with Gasteiger partial charge in [-0.3, -0.25) is 9.69 Å². The summed E-state index contributed by atoms with van der Waals surface area (Å²) in [4.78, 5) is 21.9. The number of amides is 1. The molecule has 2 fully saturated rings. The van der Waals surface area contributed by atoms with Gasteiger partial charge in [0.2, 0.25) is 0 Å². The highest BCUT2D eigenvalue weighted by molar-refractivity contribution is 6.06. The van der Waals surface area contributed by atoms with Crippen LogP contribution in [0.1, 0.15) is 72.1 Å². The molecule has 148 valence electrons. The van der Waals surface area contributed by atoms with Gasteiger partial charge < -0.3 is 10.6 Å². The molecule has 3 rings (SSSR count). The first-order valence-electron chi connectivity index (χ1n) is 10.8. The van der Waals surface area contributed by atoms with Crippen LogP contribution in [-0.4, -0.2) is 53.4 Å². The SMILES string of the molecule is CC(C)CC1(C)N=C(N)N(CC2CCN(CC3CCCCC3)CC2)C1=O. The second kappa shape index (κ2) is 8.28. The molecule has 0 radical (unpaired) electrons. The lowest BCUT2D eigenvalue weighted by Gasteiger charge is -2.36. The second-order valence-electron chi connectivity index (χ2n) is 9.51. The molecule has 2 aliphatic heterocycles. The predicted octanol–water partition coefficient (Wildman–Crippen LogP) is 3.24. The fraction of sp³-hybridized carbons (Fsp3) is 0.905. The molecule has 1 saturated carbocycles. The molecule has 1 atom stereocenters. The van der Waals surface area contributed by atoms with Crippen molar-refractivity contribution in [2.45, 2.75) is 77.7 Å². The summed E-state index contributed by atoms with van der Waals surface area (Å²) in [6, 6.07) is 0. The van der Waals surface area contributed by atoms with E-state index < -0.39 is 5.54 Å². The monoisotopic (exact) mass is 362 g/mol. The summed E-state index contributed by atoms with van der Waals surface area (Å²) in [5, 5.41) is 0. The van der Waals surface area contributed by atoms with Gasteiger partial charge in [-0.2, -0.15) is 0 Å². The van der Waals surface area contributed by atoms with Crippen molar-refractivity contribution in [1.82, 2.24) is 9.80 Å². The smallest absolute Gasteiger partial charge is 0.257 e. The van der Waals surface area contributed by atoms with Crippen molar-refractivity contribution >= 4 is 11.9 Å². The fourth-order valence-electron chi connectivity index (χ4n) is 5.20. The molecule has 3 aliphatic rings. The highest BCUT2D eigenvalue weighted by Gasteiger charge is 2.44. The third-order valence-electron chi connectivity index (χ3n) is 6.54. The van der Waals surface area contributed by atoms with Gasteiger partial charge in [0.25, 0.3) is 5.91 Å². The Balaban J connectivity index is 1.47. The molecule has 1 aliphatic carbocycles. The quantitative estimate of drug-likeness (QED) is 0.789. The lowest BCUT2D eigenvalue weighted by Crippen LogP contribution is -2.47. The van der Waals surface area contributed by atoms with Gasteiger partial charge in [-0.1, -0.05) is 33.1 Å². The molecule has 1 unspecified atom stereocenters. The Bertz CT molecular complexity index is 518. The Hall–Kier alpha value is -1.10. The predicted molar refractivity (Wildman–Crippen MR) is 107 cm³/mol. The Morgan fingerprint density at radius 2 is 1.69 bits per heavy atom. The van der Waals surface area contributed by atoms with Crippen LogP contribution in [0.25, 0.3) is 0 Å². The van der Waals surface area contributed by atoms with Crippen molar-refractivity contribution in [3.63, 3.8) is 0 Å². The molecule has 0 aromatic rings. The Morgan fingerprint density at radius 1 is 1.08 bits per heavy atom. The lowest BCUT2D eigenvalue weighted by molar-refractivity contribution is -0.131. The van der Waals surface area contributed by atoms with E-state index in [0.29, 0.717) is 17.8 Å². The summed E-state index contributed by atoms with van der Waals surface area (Å²) in [7, 11) is 0. The van der Waals surface area contributed by atoms with E-state index in [2.05, 4.69) is 23.7 Å². The molecule has 1 saturated heterocycles. The highest BCUT2D eigenvalue weighted by Crippen LogP contribution is 2.31. The van der Waals surface area contributed by atoms with Crippen LogP contribution in [0.5, 0.6) is 0 Å². The van der Waals surface area contributed by atoms with Crippen LogP contribution >= 0.6 is 0 Å². The molecule has 0 aromatic heterocycles. The minimum atomic E-state index is -0.653. The first-order valence-corrected chi connectivity index (χ1v) is 10.8. The van der Waals surface area contributed by atoms with Crippen molar-refractivity contribution in [1.29, 1.82) is 0 Å². The summed E-state index contributed by atoms with van der Waals surface area (Å²) in [5.74, 6) is 2.44. The van der Waals surface area contributed by atoms with Crippen LogP contribution in [0, 0.1) is 17.8 Å². The van der Waals surface area contributed by atoms with Crippen molar-refractivity contribution in [2.75, 3.05) is 26.2 Å². The molecule has 0 aromatic carbocycles. The van der Waals surface area contributed by atoms with Gasteiger partial charge in [0.15, 0.2) is 5.96 Å². The summed E-state index contributed by atoms with van der Waals surface area (Å²) >= 11 is 0. The Morgan fingerprint density at radius 3 is 2.31 bits per heavy atom. The summed E-state index contributed by atoms with van der Waals surface area (Å²) in [6.07, 6.45) is 10.2. The largest absolute Gasteiger partial charge is 0.369 e. The first-order chi connectivity index (χ1) is 12.4. The molecule has 26 heavy (non-hydrogen) atoms. The third kappa shape index (κ3) is 4.59. The zero-order valence-corrected chi connectivity index (χ0v) is 17.0. The maximum Gasteiger partial charge on any atom is 0.257 e. The molecular weight excluding hydrogens is 324 g/mol. The van der Waals surface area contributed by atoms with Crippen LogP contribution in [0.3, 0.4) is 0 Å². The molecule has 1 amide bonds. The van der Waals surface area contributed by atoms with E-state index in [0.717, 1.165) is 18.9 Å². The molecular formula is C21H38N4O. The fourth-order valence-corrected chi connectivity index (χ4v) is 5.20. The second-order valence-corrected chi connectivity index (χ2v) is 9.51. The molecule has 5 heteroatoms. The summed E-state index contributed by atoms with van der Waals surface area (Å²) in [6.45, 7) is 10.6. The Kier molecular flexibility index (Phi) is 6.26. The first kappa shape index (κ1) is 19.7. The number of carbonyl (C=O) groups is 1. The van der Waals surface area contributed by atoms with Gasteiger partial charge >= 0.3 is 0 Å². The zero-order chi connectivity index (χ0) is 18.7. The number of carbonyl (C=O) groups excluding carboxylic acids is 1. The van der Waals surface area contributed by atoms with Crippen LogP contribution in [0.15, 0.2) is 4.99 Å². The highest BCUT2D eigenvalue weighted by atomic mass is 16.2. The molecule has 5 nitrogen and oxygen atoms in total. The van der Waals surface area contributed by atoms with E-state index in [4.69, 9.17) is 5.73 Å². The minimum Gasteiger partial charge on any atom is -0.369 e. The number of nitrogens with zero attached hydrogens (tertiary/aromatic N) is 3. The average molecular weight is 363 g/mol. The lowest BCUT2D eigenvalue weighted by atomic mass is 9.87. The maximum atomic E-state index is 12.9. The summed E-state index contributed by atoms with van der Waals surface area (Å²) in [5.41, 5.74) is 5.48. The van der Waals surface area contributed by atoms with Crippen LogP contribution in [-0.2, 0) is 4.79 Å². The topological polar surface area (TPSA) is 61.9 Å². The third-order valence-corrected chi connectivity index (χ3v) is 6.54. The Labute approximate surface area is 159 Å². The maximum absolute atomic E-state index is 12.9. The summed E-state index contributed by atoms with van der Waals surface area (Å²) < 4.78 is 0. The average Bonchev–Trinajstić information content (AvgIpc) is 2.80. The van der Waals surface area contributed by atoms with Gasteiger partial charge in [0, 0.05) is 13.1 Å². The van der Waals surface area contributed by atoms with E-state index in [1.54, 1.807) is 4.90 Å². The number of hydrogen-bond donors (Lipinski definition) is 1. The van der Waals surface area contributed by atoms with Crippen molar-refractivity contribution in [3.05, 3.63) is 0 Å². The molecule has 0 bridgehead atoms. The number of piperidine rings is 1. The molecule has 2 N–H and O–H groups in total. The van der Waals surface area contributed by atoms with E-state index >= 15 is 0 Å². The van der Waals surface area contributed by atoms with Crippen LogP contribution < -0.4 is 5.73 Å². The zero-order valence-electron chi connectivity index (χ0n) is 17.0. The normalized spacial score (nSPS) is 29.6. The van der Waals surface area contributed by atoms with Gasteiger partial charge in [-0.05, 0) is 69.9 Å². The number of aliphatic imine (C=N–C) groups is 1. The van der Waals surface area contributed by atoms with Crippen molar-refractivity contribution in [3.8, 4) is 0 Å². The van der Waals surface area contributed by atoms with Crippen molar-refractivity contribution < 1.29 is 4.79 Å². The van der Waals surface area contributed by atoms with Crippen LogP contribution in [0.2, 0.25) is 0 Å². The minimum absolute atomic E-state index is 0.105.